The molecule has 0 aliphatic carbocycles. The lowest BCUT2D eigenvalue weighted by atomic mass is 9.87. The van der Waals surface area contributed by atoms with E-state index in [0.29, 0.717) is 0 Å². The third kappa shape index (κ3) is 5.73. The maximum atomic E-state index is 11.5. The van der Waals surface area contributed by atoms with Crippen molar-refractivity contribution in [2.45, 2.75) is 46.0 Å². The molecule has 0 aliphatic heterocycles. The average molecular weight is 259 g/mol. The lowest BCUT2D eigenvalue weighted by Crippen LogP contribution is -2.21. The highest BCUT2D eigenvalue weighted by atomic mass is 16.1. The highest BCUT2D eigenvalue weighted by molar-refractivity contribution is 5.91. The van der Waals surface area contributed by atoms with Gasteiger partial charge >= 0.3 is 0 Å². The van der Waals surface area contributed by atoms with E-state index >= 15 is 0 Å². The van der Waals surface area contributed by atoms with Crippen molar-refractivity contribution >= 4 is 12.0 Å². The lowest BCUT2D eigenvalue weighted by Gasteiger charge is -2.18. The molecule has 0 atom stereocenters. The Bertz CT molecular complexity index is 424. The predicted molar refractivity (Wildman–Crippen MR) is 82.1 cm³/mol. The van der Waals surface area contributed by atoms with E-state index in [2.05, 4.69) is 57.3 Å². The summed E-state index contributed by atoms with van der Waals surface area (Å²) >= 11 is 0. The molecule has 0 aliphatic rings. The van der Waals surface area contributed by atoms with Gasteiger partial charge < -0.3 is 5.32 Å². The van der Waals surface area contributed by atoms with Crippen molar-refractivity contribution in [2.24, 2.45) is 0 Å². The number of amides is 1. The zero-order valence-electron chi connectivity index (χ0n) is 12.5. The summed E-state index contributed by atoms with van der Waals surface area (Å²) in [6.07, 6.45) is 5.58. The third-order valence-corrected chi connectivity index (χ3v) is 3.03. The summed E-state index contributed by atoms with van der Waals surface area (Å²) in [4.78, 5) is 11.5. The largest absolute Gasteiger partial charge is 0.353 e. The van der Waals surface area contributed by atoms with Crippen LogP contribution in [0.5, 0.6) is 0 Å². The van der Waals surface area contributed by atoms with Crippen molar-refractivity contribution < 1.29 is 4.79 Å². The van der Waals surface area contributed by atoms with Gasteiger partial charge in [-0.2, -0.15) is 0 Å². The average Bonchev–Trinajstić information content (AvgIpc) is 2.36. The summed E-state index contributed by atoms with van der Waals surface area (Å²) in [6, 6.07) is 8.34. The van der Waals surface area contributed by atoms with Gasteiger partial charge in [-0.3, -0.25) is 4.79 Å². The Hall–Kier alpha value is -1.57. The molecule has 1 aromatic rings. The summed E-state index contributed by atoms with van der Waals surface area (Å²) in [6.45, 7) is 9.44. The smallest absolute Gasteiger partial charge is 0.243 e. The van der Waals surface area contributed by atoms with Gasteiger partial charge in [-0.25, -0.2) is 0 Å². The second-order valence-electron chi connectivity index (χ2n) is 5.85. The number of carbonyl (C=O) groups excluding carboxylic acids is 1. The van der Waals surface area contributed by atoms with Crippen molar-refractivity contribution in [3.05, 3.63) is 41.5 Å². The Morgan fingerprint density at radius 2 is 1.84 bits per heavy atom. The molecule has 19 heavy (non-hydrogen) atoms. The number of hydrogen-bond acceptors (Lipinski definition) is 1. The fraction of sp³-hybridized carbons (Fsp3) is 0.471. The molecule has 1 amide bonds. The van der Waals surface area contributed by atoms with Gasteiger partial charge in [0.05, 0.1) is 0 Å². The molecule has 1 N–H and O–H groups in total. The molecular formula is C17H25NO. The highest BCUT2D eigenvalue weighted by Gasteiger charge is 2.12. The van der Waals surface area contributed by atoms with Gasteiger partial charge in [0.1, 0.15) is 0 Å². The van der Waals surface area contributed by atoms with Gasteiger partial charge in [-0.15, -0.1) is 0 Å². The van der Waals surface area contributed by atoms with Crippen molar-refractivity contribution in [1.82, 2.24) is 5.32 Å². The zero-order valence-corrected chi connectivity index (χ0v) is 12.5. The van der Waals surface area contributed by atoms with Crippen LogP contribution in [-0.2, 0) is 10.2 Å². The molecule has 0 bridgehead atoms. The van der Waals surface area contributed by atoms with Gasteiger partial charge in [-0.1, -0.05) is 58.4 Å². The molecule has 0 aromatic heterocycles. The molecule has 2 heteroatoms. The summed E-state index contributed by atoms with van der Waals surface area (Å²) in [5.74, 6) is -0.0200. The monoisotopic (exact) mass is 259 g/mol. The van der Waals surface area contributed by atoms with Gasteiger partial charge in [0.2, 0.25) is 5.91 Å². The van der Waals surface area contributed by atoms with Crippen LogP contribution in [0.2, 0.25) is 0 Å². The molecule has 104 valence electrons. The molecule has 0 unspecified atom stereocenters. The van der Waals surface area contributed by atoms with E-state index in [0.717, 1.165) is 24.9 Å². The van der Waals surface area contributed by atoms with Crippen LogP contribution in [0.15, 0.2) is 30.3 Å². The zero-order chi connectivity index (χ0) is 14.3. The minimum Gasteiger partial charge on any atom is -0.353 e. The molecule has 0 spiro atoms. The molecule has 0 saturated heterocycles. The van der Waals surface area contributed by atoms with E-state index in [-0.39, 0.29) is 11.3 Å². The van der Waals surface area contributed by atoms with E-state index in [1.54, 1.807) is 6.08 Å². The second kappa shape index (κ2) is 7.13. The summed E-state index contributed by atoms with van der Waals surface area (Å²) < 4.78 is 0. The normalized spacial score (nSPS) is 11.8. The minimum absolute atomic E-state index is 0.0200. The Morgan fingerprint density at radius 3 is 2.37 bits per heavy atom. The molecule has 0 heterocycles. The Kier molecular flexibility index (Phi) is 5.81. The van der Waals surface area contributed by atoms with E-state index in [1.165, 1.54) is 5.56 Å². The number of hydrogen-bond donors (Lipinski definition) is 1. The predicted octanol–water partition coefficient (Wildman–Crippen LogP) is 3.91. The maximum absolute atomic E-state index is 11.5. The Morgan fingerprint density at radius 1 is 1.21 bits per heavy atom. The van der Waals surface area contributed by atoms with Gasteiger partial charge in [0.25, 0.3) is 0 Å². The van der Waals surface area contributed by atoms with Crippen molar-refractivity contribution in [1.29, 1.82) is 0 Å². The van der Waals surface area contributed by atoms with Crippen LogP contribution in [0.4, 0.5) is 0 Å². The van der Waals surface area contributed by atoms with Crippen molar-refractivity contribution in [3.63, 3.8) is 0 Å². The first-order valence-corrected chi connectivity index (χ1v) is 7.00. The highest BCUT2D eigenvalue weighted by Crippen LogP contribution is 2.22. The van der Waals surface area contributed by atoms with Crippen LogP contribution in [0.25, 0.3) is 6.08 Å². The number of benzene rings is 1. The van der Waals surface area contributed by atoms with Crippen molar-refractivity contribution in [3.8, 4) is 0 Å². The lowest BCUT2D eigenvalue weighted by molar-refractivity contribution is -0.116. The van der Waals surface area contributed by atoms with Crippen LogP contribution in [0.1, 0.15) is 51.7 Å². The molecule has 0 fully saturated rings. The topological polar surface area (TPSA) is 29.1 Å². The Labute approximate surface area is 116 Å². The number of unbranched alkanes of at least 4 members (excludes halogenated alkanes) is 1. The van der Waals surface area contributed by atoms with Gasteiger partial charge in [0.15, 0.2) is 0 Å². The van der Waals surface area contributed by atoms with Gasteiger partial charge in [0, 0.05) is 12.6 Å². The summed E-state index contributed by atoms with van der Waals surface area (Å²) in [7, 11) is 0. The van der Waals surface area contributed by atoms with Crippen molar-refractivity contribution in [2.75, 3.05) is 6.54 Å². The second-order valence-corrected chi connectivity index (χ2v) is 5.85. The summed E-state index contributed by atoms with van der Waals surface area (Å²) in [5.41, 5.74) is 2.52. The van der Waals surface area contributed by atoms with E-state index < -0.39 is 0 Å². The van der Waals surface area contributed by atoms with Crippen LogP contribution < -0.4 is 5.32 Å². The Balaban J connectivity index is 2.55. The fourth-order valence-electron chi connectivity index (χ4n) is 1.71. The minimum atomic E-state index is -0.0200. The summed E-state index contributed by atoms with van der Waals surface area (Å²) in [5, 5.41) is 2.86. The fourth-order valence-corrected chi connectivity index (χ4v) is 1.71. The number of rotatable bonds is 5. The first-order chi connectivity index (χ1) is 8.93. The van der Waals surface area contributed by atoms with E-state index in [1.807, 2.05) is 6.08 Å². The maximum Gasteiger partial charge on any atom is 0.243 e. The molecule has 0 radical (unpaired) electrons. The molecular weight excluding hydrogens is 234 g/mol. The molecule has 0 saturated carbocycles. The molecule has 1 rings (SSSR count). The van der Waals surface area contributed by atoms with Crippen LogP contribution >= 0.6 is 0 Å². The van der Waals surface area contributed by atoms with Gasteiger partial charge in [-0.05, 0) is 29.0 Å². The molecule has 1 aromatic carbocycles. The van der Waals surface area contributed by atoms with Crippen LogP contribution in [-0.4, -0.2) is 12.5 Å². The van der Waals surface area contributed by atoms with Crippen LogP contribution in [0, 0.1) is 0 Å². The SMILES string of the molecule is CCCCNC(=O)/C=C/c1ccc(C(C)(C)C)cc1. The number of carbonyl (C=O) groups is 1. The van der Waals surface area contributed by atoms with Crippen LogP contribution in [0.3, 0.4) is 0 Å². The quantitative estimate of drug-likeness (QED) is 0.630. The van der Waals surface area contributed by atoms with E-state index in [4.69, 9.17) is 0 Å². The third-order valence-electron chi connectivity index (χ3n) is 3.03. The van der Waals surface area contributed by atoms with E-state index in [9.17, 15) is 4.79 Å². The number of nitrogens with one attached hydrogen (secondary N) is 1. The molecule has 2 nitrogen and oxygen atoms in total. The first kappa shape index (κ1) is 15.5. The first-order valence-electron chi connectivity index (χ1n) is 7.00. The standard InChI is InChI=1S/C17H25NO/c1-5-6-13-18-16(19)12-9-14-7-10-15(11-8-14)17(2,3)4/h7-12H,5-6,13H2,1-4H3,(H,18,19)/b12-9+.